The monoisotopic (exact) mass is 245 g/mol. The maximum absolute atomic E-state index is 7.69. The smallest absolute Gasteiger partial charge is 0.167 e. The summed E-state index contributed by atoms with van der Waals surface area (Å²) in [6.45, 7) is 10.1. The molecule has 5 heteroatoms. The summed E-state index contributed by atoms with van der Waals surface area (Å²) in [5, 5.41) is 12.2. The lowest BCUT2D eigenvalue weighted by Gasteiger charge is -2.11. The van der Waals surface area contributed by atoms with Crippen molar-refractivity contribution in [2.75, 3.05) is 0 Å². The highest BCUT2D eigenvalue weighted by atomic mass is 15.3. The van der Waals surface area contributed by atoms with Gasteiger partial charge in [0.25, 0.3) is 0 Å². The number of pyridine rings is 1. The Balaban J connectivity index is 2.86. The second kappa shape index (κ2) is 3.80. The van der Waals surface area contributed by atoms with E-state index in [-0.39, 0.29) is 11.3 Å². The summed E-state index contributed by atoms with van der Waals surface area (Å²) in [4.78, 5) is 4.56. The highest BCUT2D eigenvalue weighted by Gasteiger charge is 2.22. The van der Waals surface area contributed by atoms with Gasteiger partial charge in [0.2, 0.25) is 0 Å². The molecule has 0 aromatic carbocycles. The lowest BCUT2D eigenvalue weighted by atomic mass is 9.96. The standard InChI is InChI=1S/C13H19N5/c1-7-6-8(2)18-11(9(7)10(14)15)16-12(17-18)13(3,4)5/h6H,1-5H3,(H3,14,15). The zero-order chi connectivity index (χ0) is 13.7. The Morgan fingerprint density at radius 3 is 2.44 bits per heavy atom. The zero-order valence-corrected chi connectivity index (χ0v) is 11.5. The average molecular weight is 245 g/mol. The number of fused-ring (bicyclic) bond motifs is 1. The molecule has 0 fully saturated rings. The van der Waals surface area contributed by atoms with Gasteiger partial charge in [0, 0.05) is 11.1 Å². The Bertz CT molecular complexity index is 631. The molecule has 5 nitrogen and oxygen atoms in total. The van der Waals surface area contributed by atoms with E-state index in [4.69, 9.17) is 11.1 Å². The number of hydrogen-bond donors (Lipinski definition) is 2. The van der Waals surface area contributed by atoms with Crippen molar-refractivity contribution in [3.05, 3.63) is 28.7 Å². The van der Waals surface area contributed by atoms with Gasteiger partial charge in [0.15, 0.2) is 11.5 Å². The van der Waals surface area contributed by atoms with E-state index in [0.29, 0.717) is 11.2 Å². The molecule has 0 radical (unpaired) electrons. The number of nitrogens with two attached hydrogens (primary N) is 1. The maximum Gasteiger partial charge on any atom is 0.167 e. The Morgan fingerprint density at radius 2 is 1.94 bits per heavy atom. The number of aromatic nitrogens is 3. The fraction of sp³-hybridized carbons (Fsp3) is 0.462. The van der Waals surface area contributed by atoms with E-state index in [2.05, 4.69) is 30.9 Å². The molecule has 0 saturated carbocycles. The highest BCUT2D eigenvalue weighted by Crippen LogP contribution is 2.22. The van der Waals surface area contributed by atoms with E-state index in [9.17, 15) is 0 Å². The van der Waals surface area contributed by atoms with Crippen molar-refractivity contribution in [3.8, 4) is 0 Å². The molecule has 0 saturated heterocycles. The fourth-order valence-corrected chi connectivity index (χ4v) is 1.99. The number of nitrogens with zero attached hydrogens (tertiary/aromatic N) is 3. The zero-order valence-electron chi connectivity index (χ0n) is 11.5. The van der Waals surface area contributed by atoms with Crippen LogP contribution in [0.2, 0.25) is 0 Å². The van der Waals surface area contributed by atoms with E-state index >= 15 is 0 Å². The van der Waals surface area contributed by atoms with Gasteiger partial charge < -0.3 is 5.73 Å². The molecule has 0 aliphatic heterocycles. The first-order valence-corrected chi connectivity index (χ1v) is 5.93. The summed E-state index contributed by atoms with van der Waals surface area (Å²) in [6, 6.07) is 1.98. The number of hydrogen-bond acceptors (Lipinski definition) is 3. The van der Waals surface area contributed by atoms with E-state index in [1.807, 2.05) is 19.9 Å². The molecule has 2 rings (SSSR count). The largest absolute Gasteiger partial charge is 0.384 e. The van der Waals surface area contributed by atoms with E-state index in [1.54, 1.807) is 4.52 Å². The molecule has 0 atom stereocenters. The van der Waals surface area contributed by atoms with Crippen LogP contribution in [-0.4, -0.2) is 20.4 Å². The lowest BCUT2D eigenvalue weighted by molar-refractivity contribution is 0.544. The molecule has 0 aliphatic carbocycles. The lowest BCUT2D eigenvalue weighted by Crippen LogP contribution is -2.15. The minimum absolute atomic E-state index is 0.0327. The van der Waals surface area contributed by atoms with Gasteiger partial charge in [0.05, 0.1) is 5.56 Å². The third-order valence-electron chi connectivity index (χ3n) is 2.92. The molecule has 0 amide bonds. The molecule has 18 heavy (non-hydrogen) atoms. The van der Waals surface area contributed by atoms with Crippen LogP contribution in [0.4, 0.5) is 0 Å². The normalized spacial score (nSPS) is 12.1. The van der Waals surface area contributed by atoms with Crippen LogP contribution in [0, 0.1) is 19.3 Å². The van der Waals surface area contributed by atoms with Crippen molar-refractivity contribution in [2.45, 2.75) is 40.0 Å². The summed E-state index contributed by atoms with van der Waals surface area (Å²) < 4.78 is 1.77. The molecular formula is C13H19N5. The maximum atomic E-state index is 7.69. The van der Waals surface area contributed by atoms with Gasteiger partial charge in [-0.3, -0.25) is 5.41 Å². The number of nitrogen functional groups attached to an aromatic ring is 1. The Morgan fingerprint density at radius 1 is 1.33 bits per heavy atom. The minimum Gasteiger partial charge on any atom is -0.384 e. The Kier molecular flexibility index (Phi) is 2.65. The molecule has 0 unspecified atom stereocenters. The number of rotatable bonds is 1. The first kappa shape index (κ1) is 12.5. The first-order chi connectivity index (χ1) is 8.21. The second-order valence-electron chi connectivity index (χ2n) is 5.68. The number of amidine groups is 1. The summed E-state index contributed by atoms with van der Waals surface area (Å²) in [5.41, 5.74) is 8.82. The third-order valence-corrected chi connectivity index (χ3v) is 2.92. The summed E-state index contributed by atoms with van der Waals surface area (Å²) >= 11 is 0. The fourth-order valence-electron chi connectivity index (χ4n) is 1.99. The first-order valence-electron chi connectivity index (χ1n) is 5.93. The molecule has 96 valence electrons. The summed E-state index contributed by atoms with van der Waals surface area (Å²) in [6.07, 6.45) is 0. The third kappa shape index (κ3) is 1.85. The predicted octanol–water partition coefficient (Wildman–Crippen LogP) is 1.93. The molecule has 2 heterocycles. The summed E-state index contributed by atoms with van der Waals surface area (Å²) in [5.74, 6) is 0.795. The Labute approximate surface area is 107 Å². The van der Waals surface area contributed by atoms with Gasteiger partial charge >= 0.3 is 0 Å². The molecule has 2 aromatic heterocycles. The van der Waals surface area contributed by atoms with Gasteiger partial charge in [0.1, 0.15) is 5.84 Å². The topological polar surface area (TPSA) is 80.1 Å². The SMILES string of the molecule is Cc1cc(C)n2nc(C(C)(C)C)nc2c1C(=N)N. The van der Waals surface area contributed by atoms with Crippen LogP contribution in [0.1, 0.15) is 43.4 Å². The van der Waals surface area contributed by atoms with Crippen LogP contribution in [0.3, 0.4) is 0 Å². The van der Waals surface area contributed by atoms with Crippen LogP contribution in [0.25, 0.3) is 5.65 Å². The van der Waals surface area contributed by atoms with E-state index in [1.165, 1.54) is 0 Å². The van der Waals surface area contributed by atoms with Crippen molar-refractivity contribution < 1.29 is 0 Å². The quantitative estimate of drug-likeness (QED) is 0.595. The van der Waals surface area contributed by atoms with Crippen LogP contribution in [0.5, 0.6) is 0 Å². The number of aryl methyl sites for hydroxylation is 2. The molecule has 0 bridgehead atoms. The van der Waals surface area contributed by atoms with Gasteiger partial charge in [-0.2, -0.15) is 5.10 Å². The van der Waals surface area contributed by atoms with Gasteiger partial charge in [-0.15, -0.1) is 0 Å². The number of nitrogens with one attached hydrogen (secondary N) is 1. The molecule has 2 aromatic rings. The van der Waals surface area contributed by atoms with E-state index < -0.39 is 0 Å². The molecule has 3 N–H and O–H groups in total. The van der Waals surface area contributed by atoms with E-state index in [0.717, 1.165) is 17.1 Å². The average Bonchev–Trinajstić information content (AvgIpc) is 2.60. The van der Waals surface area contributed by atoms with Crippen molar-refractivity contribution in [2.24, 2.45) is 5.73 Å². The van der Waals surface area contributed by atoms with Gasteiger partial charge in [-0.1, -0.05) is 20.8 Å². The van der Waals surface area contributed by atoms with Crippen molar-refractivity contribution in [1.29, 1.82) is 5.41 Å². The minimum atomic E-state index is -0.125. The van der Waals surface area contributed by atoms with Crippen molar-refractivity contribution in [1.82, 2.24) is 14.6 Å². The van der Waals surface area contributed by atoms with Gasteiger partial charge in [-0.25, -0.2) is 9.50 Å². The van der Waals surface area contributed by atoms with Crippen molar-refractivity contribution >= 4 is 11.5 Å². The van der Waals surface area contributed by atoms with Crippen molar-refractivity contribution in [3.63, 3.8) is 0 Å². The van der Waals surface area contributed by atoms with Crippen LogP contribution in [0.15, 0.2) is 6.07 Å². The van der Waals surface area contributed by atoms with Crippen LogP contribution >= 0.6 is 0 Å². The van der Waals surface area contributed by atoms with Crippen LogP contribution < -0.4 is 5.73 Å². The molecule has 0 spiro atoms. The Hall–Kier alpha value is -1.91. The summed E-state index contributed by atoms with van der Waals surface area (Å²) in [7, 11) is 0. The second-order valence-corrected chi connectivity index (χ2v) is 5.68. The van der Waals surface area contributed by atoms with Gasteiger partial charge in [-0.05, 0) is 25.5 Å². The molecular weight excluding hydrogens is 226 g/mol. The molecule has 0 aliphatic rings. The predicted molar refractivity (Wildman–Crippen MR) is 72.2 cm³/mol. The van der Waals surface area contributed by atoms with Crippen LogP contribution in [-0.2, 0) is 5.41 Å². The highest BCUT2D eigenvalue weighted by molar-refractivity contribution is 6.01.